The second-order valence-electron chi connectivity index (χ2n) is 7.73. The standard InChI is InChI=1S/C24H33N3O5S/c1-5-16-25-24(29)19(2)26(17-15-20-11-7-6-8-12-20)23(28)18-27(33(4,30)31)21-13-9-10-14-22(21)32-3/h6-14,19H,5,15-18H2,1-4H3,(H,25,29)/t19-/m0/s1. The predicted molar refractivity (Wildman–Crippen MR) is 130 cm³/mol. The van der Waals surface area contributed by atoms with Crippen LogP contribution in [-0.2, 0) is 26.0 Å². The van der Waals surface area contributed by atoms with Crippen LogP contribution in [0.2, 0.25) is 0 Å². The maximum Gasteiger partial charge on any atom is 0.244 e. The van der Waals surface area contributed by atoms with E-state index in [0.29, 0.717) is 18.7 Å². The Kier molecular flexibility index (Phi) is 9.72. The number of rotatable bonds is 12. The molecule has 0 aliphatic heterocycles. The summed E-state index contributed by atoms with van der Waals surface area (Å²) in [6.45, 7) is 3.93. The van der Waals surface area contributed by atoms with Gasteiger partial charge in [0.2, 0.25) is 21.8 Å². The van der Waals surface area contributed by atoms with Crippen molar-refractivity contribution in [2.45, 2.75) is 32.7 Å². The summed E-state index contributed by atoms with van der Waals surface area (Å²) in [4.78, 5) is 27.5. The summed E-state index contributed by atoms with van der Waals surface area (Å²) in [6, 6.07) is 15.5. The Morgan fingerprint density at radius 3 is 2.30 bits per heavy atom. The monoisotopic (exact) mass is 475 g/mol. The van der Waals surface area contributed by atoms with Crippen molar-refractivity contribution < 1.29 is 22.7 Å². The molecule has 0 saturated carbocycles. The summed E-state index contributed by atoms with van der Waals surface area (Å²) in [5.74, 6) is -0.414. The van der Waals surface area contributed by atoms with Crippen molar-refractivity contribution in [2.75, 3.05) is 37.3 Å². The number of carbonyl (C=O) groups excluding carboxylic acids is 2. The van der Waals surface area contributed by atoms with E-state index in [1.54, 1.807) is 31.2 Å². The molecule has 180 valence electrons. The molecular weight excluding hydrogens is 442 g/mol. The molecular formula is C24H33N3O5S. The molecule has 0 bridgehead atoms. The van der Waals surface area contributed by atoms with Crippen molar-refractivity contribution >= 4 is 27.5 Å². The van der Waals surface area contributed by atoms with Crippen molar-refractivity contribution in [3.05, 3.63) is 60.2 Å². The van der Waals surface area contributed by atoms with Crippen LogP contribution in [0.1, 0.15) is 25.8 Å². The van der Waals surface area contributed by atoms with E-state index >= 15 is 0 Å². The molecule has 2 aromatic carbocycles. The third-order valence-corrected chi connectivity index (χ3v) is 6.36. The number of methoxy groups -OCH3 is 1. The minimum Gasteiger partial charge on any atom is -0.495 e. The number of hydrogen-bond donors (Lipinski definition) is 1. The number of benzene rings is 2. The average molecular weight is 476 g/mol. The van der Waals surface area contributed by atoms with Gasteiger partial charge in [0, 0.05) is 13.1 Å². The van der Waals surface area contributed by atoms with E-state index in [0.717, 1.165) is 22.5 Å². The first-order chi connectivity index (χ1) is 15.7. The SMILES string of the molecule is CCCNC(=O)[C@H](C)N(CCc1ccccc1)C(=O)CN(c1ccccc1OC)S(C)(=O)=O. The molecule has 0 aliphatic rings. The van der Waals surface area contributed by atoms with Crippen molar-refractivity contribution in [3.8, 4) is 5.75 Å². The van der Waals surface area contributed by atoms with E-state index in [-0.39, 0.29) is 18.1 Å². The van der Waals surface area contributed by atoms with E-state index in [9.17, 15) is 18.0 Å². The van der Waals surface area contributed by atoms with Gasteiger partial charge in [-0.1, -0.05) is 49.4 Å². The largest absolute Gasteiger partial charge is 0.495 e. The number of hydrogen-bond acceptors (Lipinski definition) is 5. The molecule has 0 aliphatic carbocycles. The highest BCUT2D eigenvalue weighted by Crippen LogP contribution is 2.29. The summed E-state index contributed by atoms with van der Waals surface area (Å²) >= 11 is 0. The van der Waals surface area contributed by atoms with E-state index in [1.165, 1.54) is 12.0 Å². The molecule has 2 rings (SSSR count). The number of para-hydroxylation sites is 2. The third kappa shape index (κ3) is 7.49. The molecule has 2 aromatic rings. The fourth-order valence-electron chi connectivity index (χ4n) is 3.40. The zero-order chi connectivity index (χ0) is 24.4. The first-order valence-corrected chi connectivity index (χ1v) is 12.8. The Morgan fingerprint density at radius 2 is 1.70 bits per heavy atom. The number of anilines is 1. The molecule has 0 heterocycles. The Balaban J connectivity index is 2.32. The molecule has 1 atom stereocenters. The molecule has 0 radical (unpaired) electrons. The highest BCUT2D eigenvalue weighted by Gasteiger charge is 2.30. The number of carbonyl (C=O) groups is 2. The number of amides is 2. The van der Waals surface area contributed by atoms with Gasteiger partial charge in [-0.2, -0.15) is 0 Å². The highest BCUT2D eigenvalue weighted by atomic mass is 32.2. The normalized spacial score (nSPS) is 12.0. The number of nitrogens with zero attached hydrogens (tertiary/aromatic N) is 2. The first-order valence-electron chi connectivity index (χ1n) is 10.9. The molecule has 0 saturated heterocycles. The van der Waals surface area contributed by atoms with Gasteiger partial charge in [-0.25, -0.2) is 8.42 Å². The van der Waals surface area contributed by atoms with Crippen molar-refractivity contribution in [1.29, 1.82) is 0 Å². The molecule has 8 nitrogen and oxygen atoms in total. The number of ether oxygens (including phenoxy) is 1. The van der Waals surface area contributed by atoms with Crippen molar-refractivity contribution in [2.24, 2.45) is 0 Å². The summed E-state index contributed by atoms with van der Waals surface area (Å²) in [5.41, 5.74) is 1.28. The van der Waals surface area contributed by atoms with E-state index in [1.807, 2.05) is 37.3 Å². The summed E-state index contributed by atoms with van der Waals surface area (Å²) in [7, 11) is -2.36. The molecule has 0 fully saturated rings. The Morgan fingerprint density at radius 1 is 1.06 bits per heavy atom. The zero-order valence-corrected chi connectivity index (χ0v) is 20.5. The van der Waals surface area contributed by atoms with Crippen LogP contribution in [-0.4, -0.2) is 64.2 Å². The summed E-state index contributed by atoms with van der Waals surface area (Å²) in [6.07, 6.45) is 2.34. The molecule has 0 unspecified atom stereocenters. The highest BCUT2D eigenvalue weighted by molar-refractivity contribution is 7.92. The summed E-state index contributed by atoms with van der Waals surface area (Å²) in [5, 5.41) is 2.81. The second kappa shape index (κ2) is 12.2. The van der Waals surface area contributed by atoms with Gasteiger partial charge >= 0.3 is 0 Å². The van der Waals surface area contributed by atoms with Crippen LogP contribution in [0, 0.1) is 0 Å². The van der Waals surface area contributed by atoms with Crippen molar-refractivity contribution in [1.82, 2.24) is 10.2 Å². The van der Waals surface area contributed by atoms with E-state index < -0.39 is 28.5 Å². The maximum absolute atomic E-state index is 13.4. The maximum atomic E-state index is 13.4. The first kappa shape index (κ1) is 26.2. The fraction of sp³-hybridized carbons (Fsp3) is 0.417. The van der Waals surface area contributed by atoms with Gasteiger partial charge in [0.05, 0.1) is 19.1 Å². The Bertz CT molecular complexity index is 1030. The average Bonchev–Trinajstić information content (AvgIpc) is 2.80. The molecule has 2 amide bonds. The topological polar surface area (TPSA) is 96.0 Å². The van der Waals surface area contributed by atoms with E-state index in [4.69, 9.17) is 4.74 Å². The van der Waals surface area contributed by atoms with Crippen LogP contribution < -0.4 is 14.4 Å². The molecule has 33 heavy (non-hydrogen) atoms. The van der Waals surface area contributed by atoms with Crippen LogP contribution in [0.15, 0.2) is 54.6 Å². The molecule has 9 heteroatoms. The van der Waals surface area contributed by atoms with Gasteiger partial charge in [-0.15, -0.1) is 0 Å². The lowest BCUT2D eigenvalue weighted by atomic mass is 10.1. The van der Waals surface area contributed by atoms with Gasteiger partial charge in [-0.3, -0.25) is 13.9 Å². The van der Waals surface area contributed by atoms with Crippen LogP contribution >= 0.6 is 0 Å². The lowest BCUT2D eigenvalue weighted by Crippen LogP contribution is -2.52. The summed E-state index contributed by atoms with van der Waals surface area (Å²) < 4.78 is 31.5. The lowest BCUT2D eigenvalue weighted by molar-refractivity contribution is -0.138. The number of nitrogens with one attached hydrogen (secondary N) is 1. The van der Waals surface area contributed by atoms with Crippen LogP contribution in [0.25, 0.3) is 0 Å². The van der Waals surface area contributed by atoms with Gasteiger partial charge in [0.25, 0.3) is 0 Å². The third-order valence-electron chi connectivity index (χ3n) is 5.23. The molecule has 0 aromatic heterocycles. The van der Waals surface area contributed by atoms with Gasteiger partial charge in [0.15, 0.2) is 0 Å². The quantitative estimate of drug-likeness (QED) is 0.509. The lowest BCUT2D eigenvalue weighted by Gasteiger charge is -2.31. The van der Waals surface area contributed by atoms with Crippen LogP contribution in [0.3, 0.4) is 0 Å². The van der Waals surface area contributed by atoms with Crippen LogP contribution in [0.5, 0.6) is 5.75 Å². The van der Waals surface area contributed by atoms with Gasteiger partial charge < -0.3 is 15.0 Å². The number of sulfonamides is 1. The smallest absolute Gasteiger partial charge is 0.244 e. The fourth-order valence-corrected chi connectivity index (χ4v) is 4.25. The Labute approximate surface area is 196 Å². The van der Waals surface area contributed by atoms with Gasteiger partial charge in [-0.05, 0) is 37.5 Å². The minimum absolute atomic E-state index is 0.266. The van der Waals surface area contributed by atoms with Crippen LogP contribution in [0.4, 0.5) is 5.69 Å². The molecule has 0 spiro atoms. The van der Waals surface area contributed by atoms with Crippen molar-refractivity contribution in [3.63, 3.8) is 0 Å². The predicted octanol–water partition coefficient (Wildman–Crippen LogP) is 2.45. The minimum atomic E-state index is -3.80. The zero-order valence-electron chi connectivity index (χ0n) is 19.7. The van der Waals surface area contributed by atoms with Gasteiger partial charge in [0.1, 0.15) is 18.3 Å². The molecule has 1 N–H and O–H groups in total. The second-order valence-corrected chi connectivity index (χ2v) is 9.64. The Hall–Kier alpha value is -3.07. The van der Waals surface area contributed by atoms with E-state index in [2.05, 4.69) is 5.32 Å².